The van der Waals surface area contributed by atoms with Gasteiger partial charge in [0.05, 0.1) is 0 Å². The molecule has 0 heterocycles. The maximum absolute atomic E-state index is 13.4. The lowest BCUT2D eigenvalue weighted by Gasteiger charge is -2.22. The molecule has 24 heavy (non-hydrogen) atoms. The average molecular weight is 359 g/mol. The quantitative estimate of drug-likeness (QED) is 0.627. The summed E-state index contributed by atoms with van der Waals surface area (Å²) < 4.78 is 0. The third-order valence-corrected chi connectivity index (χ3v) is 6.38. The van der Waals surface area contributed by atoms with Crippen molar-refractivity contribution in [2.24, 2.45) is 10.8 Å². The molecule has 4 rings (SSSR count). The molecule has 0 aliphatic heterocycles. The first-order valence-electron chi connectivity index (χ1n) is 8.57. The van der Waals surface area contributed by atoms with Gasteiger partial charge in [0.2, 0.25) is 0 Å². The molecule has 3 heteroatoms. The number of rotatable bonds is 6. The maximum atomic E-state index is 13.4. The van der Waals surface area contributed by atoms with Crippen LogP contribution in [0.25, 0.3) is 0 Å². The van der Waals surface area contributed by atoms with Gasteiger partial charge in [0.25, 0.3) is 0 Å². The Bertz CT molecular complexity index is 722. The molecule has 0 spiro atoms. The minimum absolute atomic E-state index is 0.192. The highest BCUT2D eigenvalue weighted by Crippen LogP contribution is 2.61. The minimum atomic E-state index is -0.192. The summed E-state index contributed by atoms with van der Waals surface area (Å²) in [5.74, 6) is 0.440. The van der Waals surface area contributed by atoms with Crippen LogP contribution in [0.4, 0.5) is 0 Å². The van der Waals surface area contributed by atoms with Crippen LogP contribution < -0.4 is 0 Å². The summed E-state index contributed by atoms with van der Waals surface area (Å²) in [5, 5.41) is 1.54. The largest absolute Gasteiger partial charge is 0.298 e. The summed E-state index contributed by atoms with van der Waals surface area (Å²) in [6.07, 6.45) is 5.50. The van der Waals surface area contributed by atoms with Crippen molar-refractivity contribution >= 4 is 29.0 Å². The van der Waals surface area contributed by atoms with Crippen LogP contribution >= 0.6 is 23.2 Å². The zero-order valence-corrected chi connectivity index (χ0v) is 15.0. The van der Waals surface area contributed by atoms with Crippen molar-refractivity contribution in [2.45, 2.75) is 38.5 Å². The Balaban J connectivity index is 1.55. The van der Waals surface area contributed by atoms with Gasteiger partial charge in [-0.15, -0.1) is 0 Å². The van der Waals surface area contributed by atoms with Gasteiger partial charge in [-0.05, 0) is 61.8 Å². The molecule has 124 valence electrons. The van der Waals surface area contributed by atoms with Crippen LogP contribution in [0, 0.1) is 10.8 Å². The zero-order chi connectivity index (χ0) is 16.8. The monoisotopic (exact) mass is 358 g/mol. The maximum Gasteiger partial charge on any atom is 0.145 e. The van der Waals surface area contributed by atoms with Crippen molar-refractivity contribution in [2.75, 3.05) is 0 Å². The van der Waals surface area contributed by atoms with Crippen molar-refractivity contribution < 1.29 is 4.79 Å². The number of hydrogen-bond donors (Lipinski definition) is 0. The van der Waals surface area contributed by atoms with Crippen molar-refractivity contribution in [1.82, 2.24) is 0 Å². The Kier molecular flexibility index (Phi) is 3.97. The molecule has 0 N–H and O–H groups in total. The molecule has 0 atom stereocenters. The van der Waals surface area contributed by atoms with Crippen LogP contribution in [0.3, 0.4) is 0 Å². The first kappa shape index (κ1) is 16.2. The third kappa shape index (κ3) is 2.89. The van der Waals surface area contributed by atoms with Gasteiger partial charge < -0.3 is 0 Å². The van der Waals surface area contributed by atoms with Crippen molar-refractivity contribution in [3.05, 3.63) is 69.7 Å². The topological polar surface area (TPSA) is 17.1 Å². The second-order valence-electron chi connectivity index (χ2n) is 7.43. The second kappa shape index (κ2) is 5.89. The molecule has 0 saturated heterocycles. The van der Waals surface area contributed by atoms with E-state index in [2.05, 4.69) is 0 Å². The van der Waals surface area contributed by atoms with Gasteiger partial charge in [-0.25, -0.2) is 0 Å². The van der Waals surface area contributed by atoms with Crippen LogP contribution in [-0.4, -0.2) is 5.78 Å². The predicted molar refractivity (Wildman–Crippen MR) is 98.7 cm³/mol. The molecule has 2 fully saturated rings. The molecule has 0 aromatic heterocycles. The number of Topliss-reactive ketones (excluding diaryl/α,β-unsaturated/α-hetero) is 1. The lowest BCUT2D eigenvalue weighted by molar-refractivity contribution is -0.129. The van der Waals surface area contributed by atoms with Gasteiger partial charge >= 0.3 is 0 Å². The van der Waals surface area contributed by atoms with E-state index in [1.54, 1.807) is 0 Å². The number of carbonyl (C=O) groups excluding carboxylic acids is 1. The SMILES string of the molecule is O=C(C1(Cc2ccccc2Cl)CC1)C1(Cc2ccccc2Cl)CC1. The number of hydrogen-bond acceptors (Lipinski definition) is 1. The minimum Gasteiger partial charge on any atom is -0.298 e. The van der Waals surface area contributed by atoms with E-state index < -0.39 is 0 Å². The van der Waals surface area contributed by atoms with Crippen LogP contribution in [0.2, 0.25) is 10.0 Å². The number of halogens is 2. The summed E-state index contributed by atoms with van der Waals surface area (Å²) in [7, 11) is 0. The molecule has 2 aliphatic carbocycles. The van der Waals surface area contributed by atoms with E-state index in [1.807, 2.05) is 48.5 Å². The van der Waals surface area contributed by atoms with E-state index in [4.69, 9.17) is 23.2 Å². The third-order valence-electron chi connectivity index (χ3n) is 5.64. The van der Waals surface area contributed by atoms with Gasteiger partial charge in [0, 0.05) is 20.9 Å². The molecule has 0 amide bonds. The molecule has 1 nitrogen and oxygen atoms in total. The van der Waals surface area contributed by atoms with Crippen LogP contribution in [0.5, 0.6) is 0 Å². The molecule has 2 aromatic rings. The van der Waals surface area contributed by atoms with E-state index >= 15 is 0 Å². The van der Waals surface area contributed by atoms with E-state index in [-0.39, 0.29) is 10.8 Å². The van der Waals surface area contributed by atoms with Crippen molar-refractivity contribution in [1.29, 1.82) is 0 Å². The Hall–Kier alpha value is -1.31. The smallest absolute Gasteiger partial charge is 0.145 e. The van der Waals surface area contributed by atoms with E-state index in [9.17, 15) is 4.79 Å². The molecular formula is C21H20Cl2O. The Morgan fingerprint density at radius 3 is 1.46 bits per heavy atom. The second-order valence-corrected chi connectivity index (χ2v) is 8.24. The predicted octanol–water partition coefficient (Wildman–Crippen LogP) is 5.91. The summed E-state index contributed by atoms with van der Waals surface area (Å²) >= 11 is 12.6. The van der Waals surface area contributed by atoms with Crippen LogP contribution in [-0.2, 0) is 17.6 Å². The fourth-order valence-electron chi connectivity index (χ4n) is 3.85. The summed E-state index contributed by atoms with van der Waals surface area (Å²) in [6.45, 7) is 0. The highest BCUT2D eigenvalue weighted by Gasteiger charge is 2.61. The Morgan fingerprint density at radius 2 is 1.12 bits per heavy atom. The van der Waals surface area contributed by atoms with Crippen molar-refractivity contribution in [3.8, 4) is 0 Å². The lowest BCUT2D eigenvalue weighted by Crippen LogP contribution is -2.30. The van der Waals surface area contributed by atoms with E-state index in [0.29, 0.717) is 5.78 Å². The normalized spacial score (nSPS) is 19.8. The summed E-state index contributed by atoms with van der Waals surface area (Å²) in [5.41, 5.74) is 1.81. The Morgan fingerprint density at radius 1 is 0.750 bits per heavy atom. The zero-order valence-electron chi connectivity index (χ0n) is 13.5. The van der Waals surface area contributed by atoms with Gasteiger partial charge in [0.1, 0.15) is 5.78 Å². The lowest BCUT2D eigenvalue weighted by atomic mass is 9.80. The number of ketones is 1. The van der Waals surface area contributed by atoms with Gasteiger partial charge in [-0.2, -0.15) is 0 Å². The fourth-order valence-corrected chi connectivity index (χ4v) is 4.25. The number of carbonyl (C=O) groups is 1. The first-order chi connectivity index (χ1) is 11.5. The standard InChI is InChI=1S/C21H20Cl2O/c22-17-7-3-1-5-15(17)13-20(9-10-20)19(24)21(11-12-21)14-16-6-2-4-8-18(16)23/h1-8H,9-14H2. The molecule has 0 bridgehead atoms. The summed E-state index contributed by atoms with van der Waals surface area (Å²) in [4.78, 5) is 13.4. The van der Waals surface area contributed by atoms with Crippen molar-refractivity contribution in [3.63, 3.8) is 0 Å². The van der Waals surface area contributed by atoms with Gasteiger partial charge in [0.15, 0.2) is 0 Å². The van der Waals surface area contributed by atoms with Crippen LogP contribution in [0.1, 0.15) is 36.8 Å². The Labute approximate surface area is 153 Å². The van der Waals surface area contributed by atoms with Crippen LogP contribution in [0.15, 0.2) is 48.5 Å². The molecule has 2 aliphatic rings. The highest BCUT2D eigenvalue weighted by molar-refractivity contribution is 6.31. The van der Waals surface area contributed by atoms with Gasteiger partial charge in [-0.1, -0.05) is 59.6 Å². The number of benzene rings is 2. The van der Waals surface area contributed by atoms with Gasteiger partial charge in [-0.3, -0.25) is 4.79 Å². The van der Waals surface area contributed by atoms with E-state index in [0.717, 1.165) is 59.7 Å². The fraction of sp³-hybridized carbons (Fsp3) is 0.381. The molecule has 2 saturated carbocycles. The molecular weight excluding hydrogens is 339 g/mol. The first-order valence-corrected chi connectivity index (χ1v) is 9.32. The van der Waals surface area contributed by atoms with E-state index in [1.165, 1.54) is 0 Å². The highest BCUT2D eigenvalue weighted by atomic mass is 35.5. The average Bonchev–Trinajstić information content (AvgIpc) is 3.49. The summed E-state index contributed by atoms with van der Waals surface area (Å²) in [6, 6.07) is 15.8. The molecule has 2 aromatic carbocycles. The molecule has 0 unspecified atom stereocenters. The molecule has 0 radical (unpaired) electrons.